The Balaban J connectivity index is 1.73. The molecule has 0 aliphatic carbocycles. The molecule has 3 rings (SSSR count). The molecule has 0 radical (unpaired) electrons. The zero-order chi connectivity index (χ0) is 26.4. The largest absolute Gasteiger partial charge is 0.489 e. The summed E-state index contributed by atoms with van der Waals surface area (Å²) in [5, 5.41) is 9.57. The number of Topliss-reactive ketones (excluding diaryl/α,β-unsaturated/α-hetero) is 2. The summed E-state index contributed by atoms with van der Waals surface area (Å²) >= 11 is 6.30. The highest BCUT2D eigenvalue weighted by atomic mass is 35.5. The summed E-state index contributed by atoms with van der Waals surface area (Å²) < 4.78 is 7.34. The SMILES string of the molecule is CC(=O)c1nc(-c2ccc(CC(CCC(=O)O)CC(=O)c3ccc(OC(C)C)c(Cl)c3)cc2)cn1C. The summed E-state index contributed by atoms with van der Waals surface area (Å²) in [4.78, 5) is 40.3. The van der Waals surface area contributed by atoms with Crippen molar-refractivity contribution < 1.29 is 24.2 Å². The van der Waals surface area contributed by atoms with Crippen LogP contribution in [0, 0.1) is 5.92 Å². The standard InChI is InChI=1S/C28H31ClN2O5/c1-17(2)36-26-11-10-22(15-23(26)29)25(33)14-20(7-12-27(34)35)13-19-5-8-21(9-6-19)24-16-31(4)28(30-24)18(3)32/h5-6,8-11,15-17,20H,7,12-14H2,1-4H3,(H,34,35). The van der Waals surface area contributed by atoms with Gasteiger partial charge in [-0.3, -0.25) is 14.4 Å². The van der Waals surface area contributed by atoms with E-state index in [2.05, 4.69) is 4.98 Å². The maximum atomic E-state index is 13.0. The molecular formula is C28H31ClN2O5. The number of carboxylic acids is 1. The number of carbonyl (C=O) groups excluding carboxylic acids is 2. The molecule has 36 heavy (non-hydrogen) atoms. The second-order valence-electron chi connectivity index (χ2n) is 9.26. The Morgan fingerprint density at radius 1 is 1.11 bits per heavy atom. The maximum Gasteiger partial charge on any atom is 0.303 e. The average molecular weight is 511 g/mol. The highest BCUT2D eigenvalue weighted by Gasteiger charge is 2.19. The van der Waals surface area contributed by atoms with Crippen LogP contribution in [0.4, 0.5) is 0 Å². The molecule has 8 heteroatoms. The maximum absolute atomic E-state index is 13.0. The lowest BCUT2D eigenvalue weighted by atomic mass is 9.88. The number of imidazole rings is 1. The smallest absolute Gasteiger partial charge is 0.303 e. The molecule has 0 bridgehead atoms. The van der Waals surface area contributed by atoms with E-state index in [9.17, 15) is 19.5 Å². The van der Waals surface area contributed by atoms with Gasteiger partial charge in [-0.25, -0.2) is 4.98 Å². The molecule has 0 fully saturated rings. The van der Waals surface area contributed by atoms with E-state index in [-0.39, 0.29) is 36.4 Å². The molecule has 2 aromatic carbocycles. The molecule has 0 aliphatic rings. The van der Waals surface area contributed by atoms with Crippen LogP contribution in [0.2, 0.25) is 5.02 Å². The minimum Gasteiger partial charge on any atom is -0.489 e. The molecule has 3 aromatic rings. The number of aryl methyl sites for hydroxylation is 1. The van der Waals surface area contributed by atoms with Gasteiger partial charge in [-0.2, -0.15) is 0 Å². The minimum atomic E-state index is -0.891. The summed E-state index contributed by atoms with van der Waals surface area (Å²) in [5.74, 6) is -0.319. The van der Waals surface area contributed by atoms with E-state index in [4.69, 9.17) is 16.3 Å². The van der Waals surface area contributed by atoms with E-state index in [1.165, 1.54) is 6.92 Å². The first-order valence-corrected chi connectivity index (χ1v) is 12.3. The Labute approximate surface area is 216 Å². The molecule has 7 nitrogen and oxygen atoms in total. The van der Waals surface area contributed by atoms with E-state index in [0.717, 1.165) is 11.1 Å². The number of nitrogens with zero attached hydrogens (tertiary/aromatic N) is 2. The van der Waals surface area contributed by atoms with Crippen LogP contribution in [-0.4, -0.2) is 38.3 Å². The van der Waals surface area contributed by atoms with Crippen molar-refractivity contribution in [2.24, 2.45) is 13.0 Å². The number of hydrogen-bond donors (Lipinski definition) is 1. The minimum absolute atomic E-state index is 0.0142. The van der Waals surface area contributed by atoms with Crippen LogP contribution in [0.3, 0.4) is 0 Å². The molecule has 1 aromatic heterocycles. The van der Waals surface area contributed by atoms with Gasteiger partial charge in [0.1, 0.15) is 5.75 Å². The number of ketones is 2. The molecule has 1 atom stereocenters. The summed E-state index contributed by atoms with van der Waals surface area (Å²) in [6, 6.07) is 12.7. The van der Waals surface area contributed by atoms with Gasteiger partial charge in [0.15, 0.2) is 17.4 Å². The lowest BCUT2D eigenvalue weighted by Gasteiger charge is -2.17. The van der Waals surface area contributed by atoms with Crippen molar-refractivity contribution in [1.82, 2.24) is 9.55 Å². The van der Waals surface area contributed by atoms with Crippen molar-refractivity contribution in [2.75, 3.05) is 0 Å². The molecule has 1 heterocycles. The normalized spacial score (nSPS) is 11.9. The molecular weight excluding hydrogens is 480 g/mol. The zero-order valence-corrected chi connectivity index (χ0v) is 21.7. The molecule has 1 unspecified atom stereocenters. The fourth-order valence-corrected chi connectivity index (χ4v) is 4.31. The second-order valence-corrected chi connectivity index (χ2v) is 9.66. The predicted molar refractivity (Wildman–Crippen MR) is 139 cm³/mol. The van der Waals surface area contributed by atoms with E-state index in [1.54, 1.807) is 29.8 Å². The van der Waals surface area contributed by atoms with Crippen molar-refractivity contribution in [3.8, 4) is 17.0 Å². The van der Waals surface area contributed by atoms with Gasteiger partial charge in [0.25, 0.3) is 0 Å². The fourth-order valence-electron chi connectivity index (χ4n) is 4.09. The lowest BCUT2D eigenvalue weighted by molar-refractivity contribution is -0.137. The first kappa shape index (κ1) is 27.1. The monoisotopic (exact) mass is 510 g/mol. The third-order valence-corrected chi connectivity index (χ3v) is 6.12. The summed E-state index contributed by atoms with van der Waals surface area (Å²) in [6.07, 6.45) is 2.90. The van der Waals surface area contributed by atoms with Crippen LogP contribution >= 0.6 is 11.6 Å². The molecule has 0 aliphatic heterocycles. The zero-order valence-electron chi connectivity index (χ0n) is 21.0. The Hall–Kier alpha value is -3.45. The molecule has 190 valence electrons. The van der Waals surface area contributed by atoms with Gasteiger partial charge in [-0.15, -0.1) is 0 Å². The quantitative estimate of drug-likeness (QED) is 0.299. The number of hydrogen-bond acceptors (Lipinski definition) is 5. The number of rotatable bonds is 12. The number of carbonyl (C=O) groups is 3. The number of aliphatic carboxylic acids is 1. The van der Waals surface area contributed by atoms with Crippen molar-refractivity contribution >= 4 is 29.1 Å². The first-order valence-electron chi connectivity index (χ1n) is 11.9. The van der Waals surface area contributed by atoms with E-state index >= 15 is 0 Å². The first-order chi connectivity index (χ1) is 17.0. The number of aromatic nitrogens is 2. The van der Waals surface area contributed by atoms with Gasteiger partial charge in [0, 0.05) is 44.1 Å². The van der Waals surface area contributed by atoms with Gasteiger partial charge in [-0.05, 0) is 56.4 Å². The number of ether oxygens (including phenoxy) is 1. The van der Waals surface area contributed by atoms with Crippen LogP contribution in [0.5, 0.6) is 5.75 Å². The molecule has 0 saturated heterocycles. The van der Waals surface area contributed by atoms with Gasteiger partial charge in [0.05, 0.1) is 16.8 Å². The Kier molecular flexibility index (Phi) is 9.04. The molecule has 1 N–H and O–H groups in total. The van der Waals surface area contributed by atoms with Gasteiger partial charge in [-0.1, -0.05) is 35.9 Å². The topological polar surface area (TPSA) is 98.5 Å². The second kappa shape index (κ2) is 12.0. The van der Waals surface area contributed by atoms with Gasteiger partial charge in [0.2, 0.25) is 0 Å². The van der Waals surface area contributed by atoms with Crippen LogP contribution in [0.15, 0.2) is 48.7 Å². The predicted octanol–water partition coefficient (Wildman–Crippen LogP) is 6.03. The van der Waals surface area contributed by atoms with Gasteiger partial charge < -0.3 is 14.4 Å². The van der Waals surface area contributed by atoms with Crippen LogP contribution in [0.25, 0.3) is 11.3 Å². The van der Waals surface area contributed by atoms with E-state index in [0.29, 0.717) is 40.7 Å². The Morgan fingerprint density at radius 3 is 2.36 bits per heavy atom. The van der Waals surface area contributed by atoms with Crippen molar-refractivity contribution in [1.29, 1.82) is 0 Å². The highest BCUT2D eigenvalue weighted by molar-refractivity contribution is 6.32. The highest BCUT2D eigenvalue weighted by Crippen LogP contribution is 2.29. The number of carboxylic acid groups (broad SMARTS) is 1. The number of halogens is 1. The summed E-state index contributed by atoms with van der Waals surface area (Å²) in [5.41, 5.74) is 3.04. The Morgan fingerprint density at radius 2 is 1.81 bits per heavy atom. The summed E-state index contributed by atoms with van der Waals surface area (Å²) in [6.45, 7) is 5.28. The molecule has 0 amide bonds. The van der Waals surface area contributed by atoms with Crippen molar-refractivity contribution in [3.63, 3.8) is 0 Å². The Bertz CT molecular complexity index is 1250. The van der Waals surface area contributed by atoms with Crippen LogP contribution in [0.1, 0.15) is 66.6 Å². The van der Waals surface area contributed by atoms with Crippen molar-refractivity contribution in [3.05, 3.63) is 70.6 Å². The fraction of sp³-hybridized carbons (Fsp3) is 0.357. The average Bonchev–Trinajstić information content (AvgIpc) is 3.20. The van der Waals surface area contributed by atoms with E-state index < -0.39 is 5.97 Å². The lowest BCUT2D eigenvalue weighted by Crippen LogP contribution is -2.14. The number of benzene rings is 2. The van der Waals surface area contributed by atoms with E-state index in [1.807, 2.05) is 44.3 Å². The summed E-state index contributed by atoms with van der Waals surface area (Å²) in [7, 11) is 1.78. The molecule has 0 saturated carbocycles. The van der Waals surface area contributed by atoms with Gasteiger partial charge >= 0.3 is 5.97 Å². The third kappa shape index (κ3) is 7.28. The van der Waals surface area contributed by atoms with Crippen LogP contribution in [-0.2, 0) is 18.3 Å². The third-order valence-electron chi connectivity index (χ3n) is 5.82. The van der Waals surface area contributed by atoms with Crippen molar-refractivity contribution in [2.45, 2.75) is 52.6 Å². The molecule has 0 spiro atoms. The van der Waals surface area contributed by atoms with Crippen LogP contribution < -0.4 is 4.74 Å².